The van der Waals surface area contributed by atoms with Crippen molar-refractivity contribution in [3.05, 3.63) is 60.2 Å². The number of furan rings is 1. The minimum atomic E-state index is -0.393. The third kappa shape index (κ3) is 4.38. The van der Waals surface area contributed by atoms with E-state index in [1.807, 2.05) is 24.3 Å². The molecule has 0 saturated heterocycles. The molecule has 0 aliphatic heterocycles. The molecule has 0 fully saturated rings. The summed E-state index contributed by atoms with van der Waals surface area (Å²) in [5.74, 6) is 0.903. The van der Waals surface area contributed by atoms with E-state index in [0.717, 1.165) is 24.2 Å². The van der Waals surface area contributed by atoms with E-state index in [0.29, 0.717) is 23.8 Å². The first-order valence-electron chi connectivity index (χ1n) is 8.42. The third-order valence-electron chi connectivity index (χ3n) is 3.64. The van der Waals surface area contributed by atoms with E-state index in [1.54, 1.807) is 18.2 Å². The molecule has 2 aromatic heterocycles. The summed E-state index contributed by atoms with van der Waals surface area (Å²) in [5, 5.41) is 10.8. The van der Waals surface area contributed by atoms with Crippen molar-refractivity contribution in [1.29, 1.82) is 0 Å². The highest BCUT2D eigenvalue weighted by Crippen LogP contribution is 2.28. The molecule has 26 heavy (non-hydrogen) atoms. The topological polar surface area (TPSA) is 92.5 Å². The van der Waals surface area contributed by atoms with Gasteiger partial charge in [-0.1, -0.05) is 25.5 Å². The molecule has 2 heterocycles. The Kier molecular flexibility index (Phi) is 5.82. The van der Waals surface area contributed by atoms with Crippen LogP contribution >= 0.6 is 0 Å². The molecule has 3 aromatic rings. The van der Waals surface area contributed by atoms with E-state index in [4.69, 9.17) is 9.15 Å². The fourth-order valence-electron chi connectivity index (χ4n) is 2.29. The molecular weight excluding hydrogens is 332 g/mol. The second-order valence-electron chi connectivity index (χ2n) is 5.58. The summed E-state index contributed by atoms with van der Waals surface area (Å²) in [4.78, 5) is 12.2. The fraction of sp³-hybridized carbons (Fsp3) is 0.211. The molecule has 0 atom stereocenters. The van der Waals surface area contributed by atoms with E-state index < -0.39 is 5.91 Å². The number of aromatic amines is 1. The van der Waals surface area contributed by atoms with Crippen molar-refractivity contribution in [2.75, 3.05) is 6.61 Å². The summed E-state index contributed by atoms with van der Waals surface area (Å²) >= 11 is 0. The molecule has 1 amide bonds. The van der Waals surface area contributed by atoms with Gasteiger partial charge in [0.2, 0.25) is 0 Å². The molecule has 1 aromatic carbocycles. The van der Waals surface area contributed by atoms with Crippen LogP contribution < -0.4 is 10.2 Å². The van der Waals surface area contributed by atoms with Gasteiger partial charge in [-0.25, -0.2) is 5.43 Å². The van der Waals surface area contributed by atoms with Crippen LogP contribution in [0.3, 0.4) is 0 Å². The van der Waals surface area contributed by atoms with Gasteiger partial charge in [0.15, 0.2) is 0 Å². The van der Waals surface area contributed by atoms with Gasteiger partial charge in [0.25, 0.3) is 5.91 Å². The lowest BCUT2D eigenvalue weighted by Crippen LogP contribution is -2.17. The zero-order valence-corrected chi connectivity index (χ0v) is 14.4. The van der Waals surface area contributed by atoms with E-state index >= 15 is 0 Å². The molecule has 3 rings (SSSR count). The monoisotopic (exact) mass is 352 g/mol. The summed E-state index contributed by atoms with van der Waals surface area (Å²) < 4.78 is 10.9. The van der Waals surface area contributed by atoms with Crippen LogP contribution in [0.4, 0.5) is 0 Å². The number of rotatable bonds is 8. The molecule has 0 spiro atoms. The average Bonchev–Trinajstić information content (AvgIpc) is 3.34. The Morgan fingerprint density at radius 1 is 1.35 bits per heavy atom. The Hall–Kier alpha value is -3.35. The summed E-state index contributed by atoms with van der Waals surface area (Å²) in [6, 6.07) is 12.8. The number of nitrogens with zero attached hydrogens (tertiary/aromatic N) is 2. The maximum Gasteiger partial charge on any atom is 0.289 e. The number of benzene rings is 1. The number of unbranched alkanes of at least 4 members (excludes halogenated alkanes) is 1. The molecule has 0 aliphatic carbocycles. The molecule has 0 saturated carbocycles. The molecule has 0 bridgehead atoms. The lowest BCUT2D eigenvalue weighted by Gasteiger charge is -2.09. The zero-order chi connectivity index (χ0) is 18.2. The quantitative estimate of drug-likeness (QED) is 0.368. The highest BCUT2D eigenvalue weighted by molar-refractivity contribution is 5.94. The van der Waals surface area contributed by atoms with Gasteiger partial charge in [-0.2, -0.15) is 10.2 Å². The van der Waals surface area contributed by atoms with Crippen molar-refractivity contribution < 1.29 is 13.9 Å². The van der Waals surface area contributed by atoms with Crippen LogP contribution in [0.1, 0.15) is 36.0 Å². The van der Waals surface area contributed by atoms with Crippen LogP contribution in [0.25, 0.3) is 11.3 Å². The first kappa shape index (κ1) is 17.5. The SMILES string of the molecule is CCCCOc1ccccc1-c1cc(C(=O)N/N=C\c2ccco2)[nH]n1. The first-order chi connectivity index (χ1) is 12.8. The molecule has 0 unspecified atom stereocenters. The van der Waals surface area contributed by atoms with E-state index in [9.17, 15) is 4.79 Å². The molecule has 7 heteroatoms. The average molecular weight is 352 g/mol. The van der Waals surface area contributed by atoms with Crippen molar-refractivity contribution in [3.63, 3.8) is 0 Å². The van der Waals surface area contributed by atoms with E-state index in [1.165, 1.54) is 12.5 Å². The van der Waals surface area contributed by atoms with Crippen LogP contribution in [0.2, 0.25) is 0 Å². The molecule has 0 aliphatic rings. The predicted molar refractivity (Wildman–Crippen MR) is 98.2 cm³/mol. The minimum Gasteiger partial charge on any atom is -0.493 e. The second kappa shape index (κ2) is 8.66. The minimum absolute atomic E-state index is 0.306. The number of ether oxygens (including phenoxy) is 1. The van der Waals surface area contributed by atoms with Crippen molar-refractivity contribution in [3.8, 4) is 17.0 Å². The molecule has 2 N–H and O–H groups in total. The predicted octanol–water partition coefficient (Wildman–Crippen LogP) is 3.61. The Morgan fingerprint density at radius 2 is 2.23 bits per heavy atom. The van der Waals surface area contributed by atoms with Gasteiger partial charge in [0, 0.05) is 5.56 Å². The Morgan fingerprint density at radius 3 is 3.04 bits per heavy atom. The van der Waals surface area contributed by atoms with Gasteiger partial charge in [-0.05, 0) is 36.8 Å². The fourth-order valence-corrected chi connectivity index (χ4v) is 2.29. The number of carbonyl (C=O) groups is 1. The molecule has 7 nitrogen and oxygen atoms in total. The number of nitrogens with one attached hydrogen (secondary N) is 2. The zero-order valence-electron chi connectivity index (χ0n) is 14.4. The highest BCUT2D eigenvalue weighted by Gasteiger charge is 2.13. The maximum absolute atomic E-state index is 12.2. The smallest absolute Gasteiger partial charge is 0.289 e. The van der Waals surface area contributed by atoms with Crippen LogP contribution in [-0.2, 0) is 0 Å². The normalized spacial score (nSPS) is 11.0. The lowest BCUT2D eigenvalue weighted by molar-refractivity contribution is 0.0950. The van der Waals surface area contributed by atoms with E-state index in [2.05, 4.69) is 27.6 Å². The van der Waals surface area contributed by atoms with Crippen LogP contribution in [-0.4, -0.2) is 28.9 Å². The van der Waals surface area contributed by atoms with Crippen LogP contribution in [0.5, 0.6) is 5.75 Å². The standard InChI is InChI=1S/C19H20N4O3/c1-2-3-10-26-18-9-5-4-8-15(18)16-12-17(22-21-16)19(24)23-20-13-14-7-6-11-25-14/h4-9,11-13H,2-3,10H2,1H3,(H,21,22)(H,23,24)/b20-13-. The number of hydrazone groups is 1. The van der Waals surface area contributed by atoms with Crippen molar-refractivity contribution in [2.45, 2.75) is 19.8 Å². The Bertz CT molecular complexity index is 869. The highest BCUT2D eigenvalue weighted by atomic mass is 16.5. The number of aromatic nitrogens is 2. The van der Waals surface area contributed by atoms with Gasteiger partial charge in [-0.3, -0.25) is 9.89 Å². The number of hydrogen-bond donors (Lipinski definition) is 2. The first-order valence-corrected chi connectivity index (χ1v) is 8.42. The van der Waals surface area contributed by atoms with Crippen LogP contribution in [0.15, 0.2) is 58.2 Å². The summed E-state index contributed by atoms with van der Waals surface area (Å²) in [5.41, 5.74) is 4.20. The van der Waals surface area contributed by atoms with Gasteiger partial charge in [-0.15, -0.1) is 0 Å². The molecule has 0 radical (unpaired) electrons. The third-order valence-corrected chi connectivity index (χ3v) is 3.64. The van der Waals surface area contributed by atoms with Crippen molar-refractivity contribution >= 4 is 12.1 Å². The number of hydrogen-bond acceptors (Lipinski definition) is 5. The Balaban J connectivity index is 1.68. The second-order valence-corrected chi connectivity index (χ2v) is 5.58. The van der Waals surface area contributed by atoms with Gasteiger partial charge < -0.3 is 9.15 Å². The van der Waals surface area contributed by atoms with Crippen molar-refractivity contribution in [1.82, 2.24) is 15.6 Å². The lowest BCUT2D eigenvalue weighted by atomic mass is 10.1. The number of para-hydroxylation sites is 1. The van der Waals surface area contributed by atoms with Crippen LogP contribution in [0, 0.1) is 0 Å². The number of amides is 1. The van der Waals surface area contributed by atoms with Gasteiger partial charge in [0.1, 0.15) is 17.2 Å². The number of carbonyl (C=O) groups excluding carboxylic acids is 1. The van der Waals surface area contributed by atoms with Crippen molar-refractivity contribution in [2.24, 2.45) is 5.10 Å². The van der Waals surface area contributed by atoms with E-state index in [-0.39, 0.29) is 0 Å². The maximum atomic E-state index is 12.2. The summed E-state index contributed by atoms with van der Waals surface area (Å²) in [6.45, 7) is 2.76. The molecular formula is C19H20N4O3. The Labute approximate surface area is 151 Å². The number of H-pyrrole nitrogens is 1. The summed E-state index contributed by atoms with van der Waals surface area (Å²) in [6.07, 6.45) is 5.00. The van der Waals surface area contributed by atoms with Gasteiger partial charge in [0.05, 0.1) is 24.8 Å². The largest absolute Gasteiger partial charge is 0.493 e. The van der Waals surface area contributed by atoms with Gasteiger partial charge >= 0.3 is 0 Å². The summed E-state index contributed by atoms with van der Waals surface area (Å²) in [7, 11) is 0. The molecule has 134 valence electrons.